The standard InChI is InChI=1S/C16H22N2O2S/c1-3-4-14-7-9-18(10-8-14)21(19,20)16-6-5-15(12-17)11-13(16)2/h5-6,11,14H,3-4,7-10H2,1-2H3. The Hall–Kier alpha value is -1.38. The van der Waals surface area contributed by atoms with Crippen molar-refractivity contribution in [2.24, 2.45) is 5.92 Å². The Kier molecular flexibility index (Phi) is 5.02. The quantitative estimate of drug-likeness (QED) is 0.859. The third-order valence-corrected chi connectivity index (χ3v) is 6.25. The fourth-order valence-corrected chi connectivity index (χ4v) is 4.67. The average molecular weight is 306 g/mol. The minimum atomic E-state index is -3.43. The number of hydrogen-bond acceptors (Lipinski definition) is 3. The molecule has 0 amide bonds. The van der Waals surface area contributed by atoms with E-state index < -0.39 is 10.0 Å². The predicted molar refractivity (Wildman–Crippen MR) is 82.3 cm³/mol. The lowest BCUT2D eigenvalue weighted by atomic mass is 9.94. The zero-order valence-corrected chi connectivity index (χ0v) is 13.5. The van der Waals surface area contributed by atoms with Crippen LogP contribution in [0.25, 0.3) is 0 Å². The molecule has 1 aromatic rings. The van der Waals surface area contributed by atoms with E-state index in [9.17, 15) is 8.42 Å². The minimum absolute atomic E-state index is 0.329. The first-order chi connectivity index (χ1) is 9.98. The normalized spacial score (nSPS) is 17.6. The van der Waals surface area contributed by atoms with Crippen LogP contribution in [-0.2, 0) is 10.0 Å². The molecule has 1 aromatic carbocycles. The summed E-state index contributed by atoms with van der Waals surface area (Å²) in [4.78, 5) is 0.329. The molecule has 2 rings (SSSR count). The van der Waals surface area contributed by atoms with Crippen LogP contribution in [0.15, 0.2) is 23.1 Å². The van der Waals surface area contributed by atoms with Crippen LogP contribution in [0.1, 0.15) is 43.7 Å². The molecule has 1 fully saturated rings. The number of piperidine rings is 1. The monoisotopic (exact) mass is 306 g/mol. The van der Waals surface area contributed by atoms with Gasteiger partial charge >= 0.3 is 0 Å². The molecule has 0 unspecified atom stereocenters. The van der Waals surface area contributed by atoms with E-state index in [0.717, 1.165) is 19.3 Å². The number of aryl methyl sites for hydroxylation is 1. The van der Waals surface area contributed by atoms with Gasteiger partial charge in [-0.25, -0.2) is 8.42 Å². The second-order valence-corrected chi connectivity index (χ2v) is 7.63. The number of nitriles is 1. The summed E-state index contributed by atoms with van der Waals surface area (Å²) in [6.45, 7) is 5.12. The lowest BCUT2D eigenvalue weighted by molar-refractivity contribution is 0.262. The Morgan fingerprint density at radius 1 is 1.33 bits per heavy atom. The average Bonchev–Trinajstić information content (AvgIpc) is 2.47. The molecule has 1 heterocycles. The summed E-state index contributed by atoms with van der Waals surface area (Å²) in [5.41, 5.74) is 1.14. The maximum atomic E-state index is 12.7. The van der Waals surface area contributed by atoms with E-state index in [2.05, 4.69) is 6.92 Å². The summed E-state index contributed by atoms with van der Waals surface area (Å²) in [7, 11) is -3.43. The smallest absolute Gasteiger partial charge is 0.207 e. The molecule has 0 radical (unpaired) electrons. The van der Waals surface area contributed by atoms with Crippen molar-refractivity contribution < 1.29 is 8.42 Å². The van der Waals surface area contributed by atoms with Gasteiger partial charge in [0.05, 0.1) is 16.5 Å². The highest BCUT2D eigenvalue weighted by Crippen LogP contribution is 2.27. The second-order valence-electron chi connectivity index (χ2n) is 5.73. The zero-order chi connectivity index (χ0) is 15.5. The van der Waals surface area contributed by atoms with Crippen molar-refractivity contribution in [2.45, 2.75) is 44.4 Å². The topological polar surface area (TPSA) is 61.2 Å². The molecule has 4 nitrogen and oxygen atoms in total. The zero-order valence-electron chi connectivity index (χ0n) is 12.7. The SMILES string of the molecule is CCCC1CCN(S(=O)(=O)c2ccc(C#N)cc2C)CC1. The molecule has 21 heavy (non-hydrogen) atoms. The third kappa shape index (κ3) is 3.45. The summed E-state index contributed by atoms with van der Waals surface area (Å²) >= 11 is 0. The highest BCUT2D eigenvalue weighted by Gasteiger charge is 2.30. The molecule has 0 bridgehead atoms. The van der Waals surface area contributed by atoms with Crippen LogP contribution in [-0.4, -0.2) is 25.8 Å². The maximum Gasteiger partial charge on any atom is 0.243 e. The molecule has 0 spiro atoms. The van der Waals surface area contributed by atoms with Crippen molar-refractivity contribution >= 4 is 10.0 Å². The maximum absolute atomic E-state index is 12.7. The van der Waals surface area contributed by atoms with Crippen molar-refractivity contribution in [1.29, 1.82) is 5.26 Å². The summed E-state index contributed by atoms with van der Waals surface area (Å²) in [6.07, 6.45) is 4.24. The van der Waals surface area contributed by atoms with Gasteiger partial charge in [-0.15, -0.1) is 0 Å². The molecule has 1 saturated heterocycles. The van der Waals surface area contributed by atoms with Gasteiger partial charge in [-0.3, -0.25) is 0 Å². The molecular formula is C16H22N2O2S. The fourth-order valence-electron chi connectivity index (χ4n) is 2.99. The summed E-state index contributed by atoms with van der Waals surface area (Å²) < 4.78 is 27.0. The first-order valence-electron chi connectivity index (χ1n) is 7.50. The molecule has 0 atom stereocenters. The largest absolute Gasteiger partial charge is 0.243 e. The molecule has 0 saturated carbocycles. The molecule has 0 aliphatic carbocycles. The van der Waals surface area contributed by atoms with Crippen molar-refractivity contribution in [1.82, 2.24) is 4.31 Å². The molecule has 0 N–H and O–H groups in total. The minimum Gasteiger partial charge on any atom is -0.207 e. The van der Waals surface area contributed by atoms with Gasteiger partial charge in [-0.2, -0.15) is 9.57 Å². The van der Waals surface area contributed by atoms with Crippen molar-refractivity contribution in [3.63, 3.8) is 0 Å². The van der Waals surface area contributed by atoms with Crippen LogP contribution in [0.4, 0.5) is 0 Å². The number of rotatable bonds is 4. The first-order valence-corrected chi connectivity index (χ1v) is 8.94. The lowest BCUT2D eigenvalue weighted by Crippen LogP contribution is -2.38. The highest BCUT2D eigenvalue weighted by molar-refractivity contribution is 7.89. The summed E-state index contributed by atoms with van der Waals surface area (Å²) in [5, 5.41) is 8.87. The van der Waals surface area contributed by atoms with Crippen LogP contribution in [0.2, 0.25) is 0 Å². The number of nitrogens with zero attached hydrogens (tertiary/aromatic N) is 2. The Bertz CT molecular complexity index is 639. The second kappa shape index (κ2) is 6.59. The van der Waals surface area contributed by atoms with Crippen LogP contribution in [0.3, 0.4) is 0 Å². The van der Waals surface area contributed by atoms with Gasteiger partial charge in [0, 0.05) is 13.1 Å². The summed E-state index contributed by atoms with van der Waals surface area (Å²) in [5.74, 6) is 0.656. The van der Waals surface area contributed by atoms with Crippen molar-refractivity contribution in [2.75, 3.05) is 13.1 Å². The van der Waals surface area contributed by atoms with Crippen molar-refractivity contribution in [3.05, 3.63) is 29.3 Å². The van der Waals surface area contributed by atoms with Gasteiger partial charge in [-0.1, -0.05) is 19.8 Å². The Morgan fingerprint density at radius 2 is 2.00 bits per heavy atom. The van der Waals surface area contributed by atoms with Crippen LogP contribution >= 0.6 is 0 Å². The van der Waals surface area contributed by atoms with E-state index in [-0.39, 0.29) is 0 Å². The van der Waals surface area contributed by atoms with Gasteiger partial charge in [0.25, 0.3) is 0 Å². The van der Waals surface area contributed by atoms with E-state index in [1.807, 2.05) is 6.07 Å². The van der Waals surface area contributed by atoms with Gasteiger partial charge in [0.15, 0.2) is 0 Å². The Labute approximate surface area is 127 Å². The fraction of sp³-hybridized carbons (Fsp3) is 0.562. The van der Waals surface area contributed by atoms with E-state index >= 15 is 0 Å². The van der Waals surface area contributed by atoms with Gasteiger partial charge in [0.2, 0.25) is 10.0 Å². The van der Waals surface area contributed by atoms with Gasteiger partial charge in [0.1, 0.15) is 0 Å². The summed E-state index contributed by atoms with van der Waals surface area (Å²) in [6, 6.07) is 6.80. The highest BCUT2D eigenvalue weighted by atomic mass is 32.2. The van der Waals surface area contributed by atoms with E-state index in [4.69, 9.17) is 5.26 Å². The van der Waals surface area contributed by atoms with Gasteiger partial charge in [-0.05, 0) is 49.4 Å². The van der Waals surface area contributed by atoms with Crippen LogP contribution < -0.4 is 0 Å². The number of hydrogen-bond donors (Lipinski definition) is 0. The Morgan fingerprint density at radius 3 is 2.52 bits per heavy atom. The van der Waals surface area contributed by atoms with E-state index in [0.29, 0.717) is 35.0 Å². The number of benzene rings is 1. The van der Waals surface area contributed by atoms with Crippen LogP contribution in [0, 0.1) is 24.2 Å². The van der Waals surface area contributed by atoms with E-state index in [1.165, 1.54) is 6.42 Å². The lowest BCUT2D eigenvalue weighted by Gasteiger charge is -2.31. The first kappa shape index (κ1) is 16.0. The molecule has 1 aliphatic heterocycles. The molecule has 114 valence electrons. The number of sulfonamides is 1. The predicted octanol–water partition coefficient (Wildman–Crippen LogP) is 3.07. The van der Waals surface area contributed by atoms with Gasteiger partial charge < -0.3 is 0 Å². The van der Waals surface area contributed by atoms with E-state index in [1.54, 1.807) is 29.4 Å². The molecule has 1 aliphatic rings. The Balaban J connectivity index is 2.18. The molecule has 5 heteroatoms. The third-order valence-electron chi connectivity index (χ3n) is 4.19. The molecule has 0 aromatic heterocycles. The van der Waals surface area contributed by atoms with Crippen molar-refractivity contribution in [3.8, 4) is 6.07 Å². The molecular weight excluding hydrogens is 284 g/mol. The van der Waals surface area contributed by atoms with Crippen LogP contribution in [0.5, 0.6) is 0 Å².